The SMILES string of the molecule is C1CC[SiH2]OC1.NCCN1CCC1. The molecule has 78 valence electrons. The lowest BCUT2D eigenvalue weighted by molar-refractivity contribution is 0.187. The molecule has 0 radical (unpaired) electrons. The van der Waals surface area contributed by atoms with Crippen LogP contribution < -0.4 is 5.73 Å². The number of nitrogens with zero attached hydrogens (tertiary/aromatic N) is 1. The first-order chi connectivity index (χ1) is 6.43. The van der Waals surface area contributed by atoms with Gasteiger partial charge < -0.3 is 15.1 Å². The van der Waals surface area contributed by atoms with Crippen molar-refractivity contribution in [2.45, 2.75) is 25.3 Å². The van der Waals surface area contributed by atoms with E-state index in [1.54, 1.807) is 0 Å². The van der Waals surface area contributed by atoms with Gasteiger partial charge in [0.25, 0.3) is 0 Å². The molecular weight excluding hydrogens is 180 g/mol. The van der Waals surface area contributed by atoms with Crippen molar-refractivity contribution in [2.24, 2.45) is 5.73 Å². The molecule has 2 N–H and O–H groups in total. The van der Waals surface area contributed by atoms with Crippen LogP contribution in [0.2, 0.25) is 6.04 Å². The van der Waals surface area contributed by atoms with Crippen LogP contribution in [0.25, 0.3) is 0 Å². The van der Waals surface area contributed by atoms with Crippen LogP contribution in [0.3, 0.4) is 0 Å². The molecule has 4 heteroatoms. The van der Waals surface area contributed by atoms with Crippen molar-refractivity contribution in [3.63, 3.8) is 0 Å². The summed E-state index contributed by atoms with van der Waals surface area (Å²) in [4.78, 5) is 2.36. The lowest BCUT2D eigenvalue weighted by atomic mass is 10.2. The maximum Gasteiger partial charge on any atom is 0.161 e. The standard InChI is InChI=1S/C5H12N2.C4H10OSi/c6-2-5-7-3-1-4-7;1-2-4-6-5-3-1/h1-6H2;1-4,6H2. The molecule has 2 fully saturated rings. The van der Waals surface area contributed by atoms with Crippen LogP contribution in [0.5, 0.6) is 0 Å². The largest absolute Gasteiger partial charge is 0.424 e. The van der Waals surface area contributed by atoms with Crippen LogP contribution in [-0.4, -0.2) is 47.4 Å². The molecule has 0 bridgehead atoms. The van der Waals surface area contributed by atoms with E-state index in [0.717, 1.165) is 19.7 Å². The third-order valence-corrected chi connectivity index (χ3v) is 3.84. The van der Waals surface area contributed by atoms with Gasteiger partial charge in [0.05, 0.1) is 0 Å². The molecule has 0 aliphatic carbocycles. The van der Waals surface area contributed by atoms with Gasteiger partial charge in [-0.2, -0.15) is 0 Å². The van der Waals surface area contributed by atoms with Gasteiger partial charge in [0.1, 0.15) is 0 Å². The molecule has 2 aliphatic heterocycles. The van der Waals surface area contributed by atoms with Crippen LogP contribution in [0, 0.1) is 0 Å². The Bertz CT molecular complexity index is 105. The molecule has 2 heterocycles. The summed E-state index contributed by atoms with van der Waals surface area (Å²) in [5, 5.41) is 0. The molecule has 0 amide bonds. The molecule has 0 aromatic carbocycles. The highest BCUT2D eigenvalue weighted by Crippen LogP contribution is 2.02. The molecule has 0 atom stereocenters. The van der Waals surface area contributed by atoms with E-state index in [0.29, 0.717) is 0 Å². The number of nitrogens with two attached hydrogens (primary N) is 1. The molecule has 2 saturated heterocycles. The molecule has 0 aromatic rings. The Morgan fingerprint density at radius 3 is 2.23 bits per heavy atom. The van der Waals surface area contributed by atoms with Gasteiger partial charge in [-0.3, -0.25) is 0 Å². The Balaban J connectivity index is 0.000000132. The predicted molar refractivity (Wildman–Crippen MR) is 58.6 cm³/mol. The fourth-order valence-electron chi connectivity index (χ4n) is 1.47. The fourth-order valence-corrected chi connectivity index (χ4v) is 2.65. The van der Waals surface area contributed by atoms with Crippen LogP contribution in [0.15, 0.2) is 0 Å². The lowest BCUT2D eigenvalue weighted by Crippen LogP contribution is -2.40. The van der Waals surface area contributed by atoms with Crippen molar-refractivity contribution in [1.29, 1.82) is 0 Å². The predicted octanol–water partition coefficient (Wildman–Crippen LogP) is -0.0503. The summed E-state index contributed by atoms with van der Waals surface area (Å²) in [6.07, 6.45) is 4.12. The number of rotatable bonds is 2. The number of likely N-dealkylation sites (tertiary alicyclic amines) is 1. The third kappa shape index (κ3) is 5.41. The summed E-state index contributed by atoms with van der Waals surface area (Å²) in [6, 6.07) is 1.42. The first kappa shape index (κ1) is 11.2. The van der Waals surface area contributed by atoms with Gasteiger partial charge in [-0.1, -0.05) is 6.42 Å². The molecule has 0 spiro atoms. The van der Waals surface area contributed by atoms with Crippen molar-refractivity contribution in [3.05, 3.63) is 0 Å². The average Bonchev–Trinajstić information content (AvgIpc) is 2.15. The Kier molecular flexibility index (Phi) is 6.44. The zero-order valence-electron chi connectivity index (χ0n) is 8.50. The van der Waals surface area contributed by atoms with E-state index in [1.165, 1.54) is 38.4 Å². The quantitative estimate of drug-likeness (QED) is 0.638. The van der Waals surface area contributed by atoms with Crippen molar-refractivity contribution in [2.75, 3.05) is 32.8 Å². The summed E-state index contributed by atoms with van der Waals surface area (Å²) in [6.45, 7) is 5.53. The van der Waals surface area contributed by atoms with Gasteiger partial charge in [-0.05, 0) is 32.0 Å². The molecule has 0 saturated carbocycles. The van der Waals surface area contributed by atoms with Crippen LogP contribution in [0.1, 0.15) is 19.3 Å². The topological polar surface area (TPSA) is 38.5 Å². The first-order valence-electron chi connectivity index (χ1n) is 5.43. The summed E-state index contributed by atoms with van der Waals surface area (Å²) in [7, 11) is 0.00849. The van der Waals surface area contributed by atoms with Crippen molar-refractivity contribution < 1.29 is 4.43 Å². The van der Waals surface area contributed by atoms with E-state index in [-0.39, 0.29) is 9.76 Å². The van der Waals surface area contributed by atoms with E-state index in [4.69, 9.17) is 10.2 Å². The number of hydrogen-bond acceptors (Lipinski definition) is 3. The molecule has 0 unspecified atom stereocenters. The van der Waals surface area contributed by atoms with Gasteiger partial charge in [-0.25, -0.2) is 0 Å². The van der Waals surface area contributed by atoms with Gasteiger partial charge in [0.15, 0.2) is 9.76 Å². The highest BCUT2D eigenvalue weighted by atomic mass is 28.2. The highest BCUT2D eigenvalue weighted by Gasteiger charge is 2.10. The highest BCUT2D eigenvalue weighted by molar-refractivity contribution is 6.27. The lowest BCUT2D eigenvalue weighted by Gasteiger charge is -2.29. The van der Waals surface area contributed by atoms with Gasteiger partial charge >= 0.3 is 0 Å². The maximum absolute atomic E-state index is 5.30. The van der Waals surface area contributed by atoms with Crippen LogP contribution in [-0.2, 0) is 4.43 Å². The second-order valence-electron chi connectivity index (χ2n) is 3.66. The van der Waals surface area contributed by atoms with Crippen molar-refractivity contribution >= 4 is 9.76 Å². The summed E-state index contributed by atoms with van der Waals surface area (Å²) in [5.41, 5.74) is 5.30. The minimum atomic E-state index is 0.00849. The summed E-state index contributed by atoms with van der Waals surface area (Å²) >= 11 is 0. The van der Waals surface area contributed by atoms with Crippen molar-refractivity contribution in [1.82, 2.24) is 4.90 Å². The minimum Gasteiger partial charge on any atom is -0.424 e. The fraction of sp³-hybridized carbons (Fsp3) is 1.00. The van der Waals surface area contributed by atoms with E-state index in [1.807, 2.05) is 0 Å². The van der Waals surface area contributed by atoms with E-state index in [2.05, 4.69) is 4.90 Å². The van der Waals surface area contributed by atoms with Crippen LogP contribution >= 0.6 is 0 Å². The molecule has 0 aromatic heterocycles. The Hall–Kier alpha value is 0.0969. The molecule has 2 aliphatic rings. The van der Waals surface area contributed by atoms with E-state index in [9.17, 15) is 0 Å². The Labute approximate surface area is 83.6 Å². The van der Waals surface area contributed by atoms with Gasteiger partial charge in [0.2, 0.25) is 0 Å². The molecule has 3 nitrogen and oxygen atoms in total. The smallest absolute Gasteiger partial charge is 0.161 e. The third-order valence-electron chi connectivity index (χ3n) is 2.47. The molecular formula is C9H22N2OSi. The van der Waals surface area contributed by atoms with Gasteiger partial charge in [0, 0.05) is 19.7 Å². The van der Waals surface area contributed by atoms with E-state index < -0.39 is 0 Å². The Morgan fingerprint density at radius 2 is 2.08 bits per heavy atom. The second-order valence-corrected chi connectivity index (χ2v) is 5.18. The second kappa shape index (κ2) is 7.50. The Morgan fingerprint density at radius 1 is 1.23 bits per heavy atom. The zero-order valence-corrected chi connectivity index (χ0v) is 9.92. The monoisotopic (exact) mass is 202 g/mol. The zero-order chi connectivity index (χ0) is 9.36. The van der Waals surface area contributed by atoms with Crippen LogP contribution in [0.4, 0.5) is 0 Å². The maximum atomic E-state index is 5.30. The van der Waals surface area contributed by atoms with E-state index >= 15 is 0 Å². The average molecular weight is 202 g/mol. The van der Waals surface area contributed by atoms with Gasteiger partial charge in [-0.15, -0.1) is 0 Å². The van der Waals surface area contributed by atoms with Crippen molar-refractivity contribution in [3.8, 4) is 0 Å². The molecule has 13 heavy (non-hydrogen) atoms. The summed E-state index contributed by atoms with van der Waals surface area (Å²) < 4.78 is 5.21. The number of hydrogen-bond donors (Lipinski definition) is 1. The molecule has 2 rings (SSSR count). The first-order valence-corrected chi connectivity index (χ1v) is 7.01. The normalized spacial score (nSPS) is 24.7. The minimum absolute atomic E-state index is 0.00849. The summed E-state index contributed by atoms with van der Waals surface area (Å²) in [5.74, 6) is 0.